The lowest BCUT2D eigenvalue weighted by molar-refractivity contribution is -0.114. The van der Waals surface area contributed by atoms with Gasteiger partial charge in [-0.2, -0.15) is 4.31 Å². The van der Waals surface area contributed by atoms with Crippen molar-refractivity contribution in [2.75, 3.05) is 30.3 Å². The van der Waals surface area contributed by atoms with E-state index in [0.29, 0.717) is 18.8 Å². The average Bonchev–Trinajstić information content (AvgIpc) is 2.65. The number of nitrogens with zero attached hydrogens (tertiary/aromatic N) is 1. The summed E-state index contributed by atoms with van der Waals surface area (Å²) in [7, 11) is -3.55. The van der Waals surface area contributed by atoms with Gasteiger partial charge in [-0.25, -0.2) is 8.42 Å². The zero-order chi connectivity index (χ0) is 20.9. The molecule has 0 atom stereocenters. The topological polar surface area (TPSA) is 78.5 Å². The van der Waals surface area contributed by atoms with E-state index in [1.807, 2.05) is 52.8 Å². The number of rotatable bonds is 8. The Morgan fingerprint density at radius 1 is 0.964 bits per heavy atom. The summed E-state index contributed by atoms with van der Waals surface area (Å²) in [6.45, 7) is 10.3. The first-order valence-corrected chi connectivity index (χ1v) is 10.9. The van der Waals surface area contributed by atoms with Crippen LogP contribution < -0.4 is 10.6 Å². The first kappa shape index (κ1) is 21.9. The zero-order valence-corrected chi connectivity index (χ0v) is 18.0. The molecule has 0 radical (unpaired) electrons. The molecule has 0 saturated heterocycles. The highest BCUT2D eigenvalue weighted by Crippen LogP contribution is 2.23. The van der Waals surface area contributed by atoms with Crippen LogP contribution in [0, 0.1) is 20.8 Å². The minimum atomic E-state index is -3.55. The summed E-state index contributed by atoms with van der Waals surface area (Å²) >= 11 is 0. The van der Waals surface area contributed by atoms with Crippen molar-refractivity contribution in [1.29, 1.82) is 0 Å². The van der Waals surface area contributed by atoms with Crippen LogP contribution in [0.5, 0.6) is 0 Å². The Balaban J connectivity index is 2.14. The lowest BCUT2D eigenvalue weighted by Crippen LogP contribution is -2.30. The van der Waals surface area contributed by atoms with Crippen LogP contribution in [0.1, 0.15) is 30.5 Å². The Bertz CT molecular complexity index is 951. The third-order valence-electron chi connectivity index (χ3n) is 4.87. The number of benzene rings is 2. The summed E-state index contributed by atoms with van der Waals surface area (Å²) in [6.07, 6.45) is 0. The van der Waals surface area contributed by atoms with Crippen LogP contribution in [0.3, 0.4) is 0 Å². The van der Waals surface area contributed by atoms with Gasteiger partial charge in [-0.15, -0.1) is 0 Å². The van der Waals surface area contributed by atoms with Crippen molar-refractivity contribution in [1.82, 2.24) is 4.31 Å². The molecule has 2 aromatic rings. The Morgan fingerprint density at radius 2 is 1.64 bits per heavy atom. The van der Waals surface area contributed by atoms with Gasteiger partial charge in [-0.1, -0.05) is 32.0 Å². The number of carbonyl (C=O) groups is 1. The second-order valence-corrected chi connectivity index (χ2v) is 8.65. The first-order valence-electron chi connectivity index (χ1n) is 9.41. The average molecular weight is 404 g/mol. The minimum absolute atomic E-state index is 0.0446. The highest BCUT2D eigenvalue weighted by atomic mass is 32.2. The third-order valence-corrected chi connectivity index (χ3v) is 6.92. The normalized spacial score (nSPS) is 11.5. The van der Waals surface area contributed by atoms with Crippen molar-refractivity contribution in [2.24, 2.45) is 0 Å². The molecule has 1 amide bonds. The van der Waals surface area contributed by atoms with E-state index in [9.17, 15) is 13.2 Å². The molecule has 0 fully saturated rings. The van der Waals surface area contributed by atoms with E-state index in [1.54, 1.807) is 18.2 Å². The molecule has 0 spiro atoms. The summed E-state index contributed by atoms with van der Waals surface area (Å²) in [5, 5.41) is 5.95. The van der Waals surface area contributed by atoms with Gasteiger partial charge < -0.3 is 10.6 Å². The number of hydrogen-bond donors (Lipinski definition) is 2. The smallest absolute Gasteiger partial charge is 0.243 e. The molecule has 0 unspecified atom stereocenters. The van der Waals surface area contributed by atoms with E-state index in [-0.39, 0.29) is 17.3 Å². The minimum Gasteiger partial charge on any atom is -0.376 e. The predicted octanol–water partition coefficient (Wildman–Crippen LogP) is 3.69. The molecule has 0 heterocycles. The maximum Gasteiger partial charge on any atom is 0.243 e. The molecule has 0 aliphatic carbocycles. The van der Waals surface area contributed by atoms with Crippen molar-refractivity contribution in [3.8, 4) is 0 Å². The van der Waals surface area contributed by atoms with Crippen molar-refractivity contribution >= 4 is 27.3 Å². The molecule has 28 heavy (non-hydrogen) atoms. The zero-order valence-electron chi connectivity index (χ0n) is 17.2. The quantitative estimate of drug-likeness (QED) is 0.705. The Labute approximate surface area is 168 Å². The second-order valence-electron chi connectivity index (χ2n) is 6.72. The van der Waals surface area contributed by atoms with E-state index in [4.69, 9.17) is 0 Å². The van der Waals surface area contributed by atoms with Gasteiger partial charge in [0, 0.05) is 24.5 Å². The van der Waals surface area contributed by atoms with Crippen LogP contribution in [0.2, 0.25) is 0 Å². The van der Waals surface area contributed by atoms with Gasteiger partial charge >= 0.3 is 0 Å². The molecule has 0 saturated carbocycles. The van der Waals surface area contributed by atoms with Crippen LogP contribution in [0.4, 0.5) is 11.4 Å². The van der Waals surface area contributed by atoms with E-state index in [0.717, 1.165) is 22.4 Å². The SMILES string of the molecule is CCN(CC)S(=O)(=O)c1ccc(C)c(NCC(=O)Nc2cccc(C)c2C)c1. The number of hydrogen-bond acceptors (Lipinski definition) is 4. The number of amides is 1. The first-order chi connectivity index (χ1) is 13.2. The van der Waals surface area contributed by atoms with Gasteiger partial charge in [0.25, 0.3) is 0 Å². The van der Waals surface area contributed by atoms with Crippen molar-refractivity contribution < 1.29 is 13.2 Å². The van der Waals surface area contributed by atoms with E-state index in [2.05, 4.69) is 10.6 Å². The number of aryl methyl sites for hydroxylation is 2. The second kappa shape index (κ2) is 9.21. The predicted molar refractivity (Wildman–Crippen MR) is 114 cm³/mol. The molecule has 2 aromatic carbocycles. The summed E-state index contributed by atoms with van der Waals surface area (Å²) in [4.78, 5) is 12.6. The van der Waals surface area contributed by atoms with E-state index in [1.165, 1.54) is 4.31 Å². The molecule has 6 nitrogen and oxygen atoms in total. The molecule has 0 aliphatic heterocycles. The van der Waals surface area contributed by atoms with Crippen LogP contribution in [0.25, 0.3) is 0 Å². The Morgan fingerprint density at radius 3 is 2.29 bits per heavy atom. The molecular formula is C21H29N3O3S. The van der Waals surface area contributed by atoms with Gasteiger partial charge in [0.05, 0.1) is 11.4 Å². The summed E-state index contributed by atoms with van der Waals surface area (Å²) < 4.78 is 26.9. The van der Waals surface area contributed by atoms with Crippen molar-refractivity contribution in [3.05, 3.63) is 53.1 Å². The van der Waals surface area contributed by atoms with Crippen LogP contribution >= 0.6 is 0 Å². The third kappa shape index (κ3) is 4.91. The highest BCUT2D eigenvalue weighted by Gasteiger charge is 2.22. The molecule has 2 N–H and O–H groups in total. The number of anilines is 2. The van der Waals surface area contributed by atoms with Crippen LogP contribution in [-0.4, -0.2) is 38.3 Å². The Hall–Kier alpha value is -2.38. The molecule has 0 bridgehead atoms. The lowest BCUT2D eigenvalue weighted by Gasteiger charge is -2.19. The standard InChI is InChI=1S/C21H29N3O3S/c1-6-24(7-2)28(26,27)18-12-11-16(4)20(13-18)22-14-21(25)23-19-10-8-9-15(3)17(19)5/h8-13,22H,6-7,14H2,1-5H3,(H,23,25). The fourth-order valence-electron chi connectivity index (χ4n) is 2.92. The van der Waals surface area contributed by atoms with Gasteiger partial charge in [0.15, 0.2) is 0 Å². The molecule has 0 aromatic heterocycles. The fraction of sp³-hybridized carbons (Fsp3) is 0.381. The lowest BCUT2D eigenvalue weighted by atomic mass is 10.1. The maximum absolute atomic E-state index is 12.7. The molecule has 7 heteroatoms. The summed E-state index contributed by atoms with van der Waals surface area (Å²) in [5.74, 6) is -0.190. The van der Waals surface area contributed by atoms with Crippen molar-refractivity contribution in [2.45, 2.75) is 39.5 Å². The van der Waals surface area contributed by atoms with Gasteiger partial charge in [0.1, 0.15) is 0 Å². The maximum atomic E-state index is 12.7. The monoisotopic (exact) mass is 403 g/mol. The summed E-state index contributed by atoms with van der Waals surface area (Å²) in [6, 6.07) is 10.7. The van der Waals surface area contributed by atoms with Crippen LogP contribution in [-0.2, 0) is 14.8 Å². The number of nitrogens with one attached hydrogen (secondary N) is 2. The summed E-state index contributed by atoms with van der Waals surface area (Å²) in [5.41, 5.74) is 4.42. The molecule has 152 valence electrons. The Kier molecular flexibility index (Phi) is 7.21. The molecule has 0 aliphatic rings. The number of carbonyl (C=O) groups excluding carboxylic acids is 1. The fourth-order valence-corrected chi connectivity index (χ4v) is 4.41. The largest absolute Gasteiger partial charge is 0.376 e. The van der Waals surface area contributed by atoms with Gasteiger partial charge in [-0.05, 0) is 55.7 Å². The highest BCUT2D eigenvalue weighted by molar-refractivity contribution is 7.89. The molecule has 2 rings (SSSR count). The van der Waals surface area contributed by atoms with E-state index >= 15 is 0 Å². The van der Waals surface area contributed by atoms with Crippen LogP contribution in [0.15, 0.2) is 41.3 Å². The number of sulfonamides is 1. The molecular weight excluding hydrogens is 374 g/mol. The van der Waals surface area contributed by atoms with E-state index < -0.39 is 10.0 Å². The van der Waals surface area contributed by atoms with Gasteiger partial charge in [-0.3, -0.25) is 4.79 Å². The van der Waals surface area contributed by atoms with Gasteiger partial charge in [0.2, 0.25) is 15.9 Å². The van der Waals surface area contributed by atoms with Crippen molar-refractivity contribution in [3.63, 3.8) is 0 Å².